The fourth-order valence-corrected chi connectivity index (χ4v) is 5.17. The van der Waals surface area contributed by atoms with E-state index in [4.69, 9.17) is 4.74 Å². The van der Waals surface area contributed by atoms with Gasteiger partial charge in [0.15, 0.2) is 15.9 Å². The Morgan fingerprint density at radius 1 is 1.13 bits per heavy atom. The van der Waals surface area contributed by atoms with E-state index in [-0.39, 0.29) is 11.7 Å². The molecule has 0 aliphatic heterocycles. The summed E-state index contributed by atoms with van der Waals surface area (Å²) < 4.78 is 6.73. The highest BCUT2D eigenvalue weighted by Crippen LogP contribution is 2.29. The van der Waals surface area contributed by atoms with Crippen molar-refractivity contribution in [3.05, 3.63) is 45.5 Å². The smallest absolute Gasteiger partial charge is 0.350 e. The van der Waals surface area contributed by atoms with E-state index in [1.54, 1.807) is 6.92 Å². The van der Waals surface area contributed by atoms with E-state index in [1.807, 2.05) is 10.5 Å². The lowest BCUT2D eigenvalue weighted by molar-refractivity contribution is -0.113. The van der Waals surface area contributed by atoms with Crippen LogP contribution in [0, 0.1) is 27.7 Å². The maximum Gasteiger partial charge on any atom is 0.350 e. The Labute approximate surface area is 187 Å². The van der Waals surface area contributed by atoms with Crippen LogP contribution in [0.2, 0.25) is 0 Å². The van der Waals surface area contributed by atoms with Gasteiger partial charge in [-0.05, 0) is 51.0 Å². The van der Waals surface area contributed by atoms with Gasteiger partial charge in [-0.3, -0.25) is 9.20 Å². The van der Waals surface area contributed by atoms with Crippen LogP contribution in [0.3, 0.4) is 0 Å². The van der Waals surface area contributed by atoms with Crippen molar-refractivity contribution in [3.63, 3.8) is 0 Å². The van der Waals surface area contributed by atoms with Crippen LogP contribution in [0.25, 0.3) is 16.6 Å². The SMILES string of the molecule is COC(=O)c1sc(NC(=O)CSc2nnc3cc(C)c4cc(C)cc(C)c4n23)nc1C. The van der Waals surface area contributed by atoms with Gasteiger partial charge in [0.1, 0.15) is 4.88 Å². The summed E-state index contributed by atoms with van der Waals surface area (Å²) in [6, 6.07) is 6.29. The Bertz CT molecular complexity index is 1340. The summed E-state index contributed by atoms with van der Waals surface area (Å²) in [5.41, 5.74) is 5.78. The number of thioether (sulfide) groups is 1. The number of benzene rings is 1. The van der Waals surface area contributed by atoms with Gasteiger partial charge in [-0.1, -0.05) is 34.7 Å². The first kappa shape index (κ1) is 21.3. The summed E-state index contributed by atoms with van der Waals surface area (Å²) in [5, 5.41) is 13.5. The molecule has 0 saturated heterocycles. The van der Waals surface area contributed by atoms with Crippen LogP contribution in [0.4, 0.5) is 5.13 Å². The molecule has 0 unspecified atom stereocenters. The number of nitrogens with zero attached hydrogens (tertiary/aromatic N) is 4. The molecule has 1 amide bonds. The molecular weight excluding hydrogens is 434 g/mol. The Hall–Kier alpha value is -2.98. The molecule has 0 radical (unpaired) electrons. The Morgan fingerprint density at radius 3 is 2.65 bits per heavy atom. The van der Waals surface area contributed by atoms with Crippen molar-refractivity contribution in [2.45, 2.75) is 32.9 Å². The number of hydrogen-bond donors (Lipinski definition) is 1. The second kappa shape index (κ2) is 8.27. The number of ether oxygens (including phenoxy) is 1. The van der Waals surface area contributed by atoms with Crippen LogP contribution in [0.5, 0.6) is 0 Å². The molecular formula is C21H21N5O3S2. The van der Waals surface area contributed by atoms with Crippen molar-refractivity contribution in [2.24, 2.45) is 0 Å². The Balaban J connectivity index is 1.58. The van der Waals surface area contributed by atoms with Crippen molar-refractivity contribution in [1.82, 2.24) is 19.6 Å². The number of methoxy groups -OCH3 is 1. The van der Waals surface area contributed by atoms with Crippen molar-refractivity contribution in [1.29, 1.82) is 0 Å². The topological polar surface area (TPSA) is 98.5 Å². The molecule has 31 heavy (non-hydrogen) atoms. The zero-order chi connectivity index (χ0) is 22.3. The summed E-state index contributed by atoms with van der Waals surface area (Å²) in [5.74, 6) is -0.573. The van der Waals surface area contributed by atoms with E-state index in [9.17, 15) is 9.59 Å². The van der Waals surface area contributed by atoms with Crippen molar-refractivity contribution >= 4 is 56.7 Å². The van der Waals surface area contributed by atoms with Crippen LogP contribution < -0.4 is 5.32 Å². The lowest BCUT2D eigenvalue weighted by atomic mass is 10.0. The number of thiazole rings is 1. The maximum atomic E-state index is 12.5. The predicted octanol–water partition coefficient (Wildman–Crippen LogP) is 4.09. The number of aryl methyl sites for hydroxylation is 4. The van der Waals surface area contributed by atoms with Gasteiger partial charge in [-0.25, -0.2) is 9.78 Å². The highest BCUT2D eigenvalue weighted by Gasteiger charge is 2.18. The van der Waals surface area contributed by atoms with Crippen LogP contribution in [0.1, 0.15) is 32.1 Å². The molecule has 0 bridgehead atoms. The molecule has 0 atom stereocenters. The number of rotatable bonds is 5. The summed E-state index contributed by atoms with van der Waals surface area (Å²) in [6.45, 7) is 7.91. The second-order valence-corrected chi connectivity index (χ2v) is 9.19. The molecule has 4 rings (SSSR count). The molecule has 0 saturated carbocycles. The molecule has 0 aliphatic rings. The third kappa shape index (κ3) is 4.00. The average Bonchev–Trinajstić information content (AvgIpc) is 3.28. The average molecular weight is 456 g/mol. The zero-order valence-electron chi connectivity index (χ0n) is 17.8. The van der Waals surface area contributed by atoms with E-state index in [0.717, 1.165) is 39.0 Å². The van der Waals surface area contributed by atoms with Crippen LogP contribution in [-0.4, -0.2) is 44.3 Å². The normalized spacial score (nSPS) is 11.3. The molecule has 10 heteroatoms. The number of esters is 1. The molecule has 8 nitrogen and oxygen atoms in total. The van der Waals surface area contributed by atoms with E-state index in [1.165, 1.54) is 24.4 Å². The maximum absolute atomic E-state index is 12.5. The summed E-state index contributed by atoms with van der Waals surface area (Å²) >= 11 is 2.39. The molecule has 3 aromatic heterocycles. The van der Waals surface area contributed by atoms with E-state index in [0.29, 0.717) is 20.9 Å². The minimum atomic E-state index is -0.465. The molecule has 1 aromatic carbocycles. The predicted molar refractivity (Wildman–Crippen MR) is 122 cm³/mol. The highest BCUT2D eigenvalue weighted by molar-refractivity contribution is 7.99. The monoisotopic (exact) mass is 455 g/mol. The minimum absolute atomic E-state index is 0.132. The fraction of sp³-hybridized carbons (Fsp3) is 0.286. The number of fused-ring (bicyclic) bond motifs is 3. The van der Waals surface area contributed by atoms with Gasteiger partial charge in [0.05, 0.1) is 24.1 Å². The van der Waals surface area contributed by atoms with Crippen molar-refractivity contribution < 1.29 is 14.3 Å². The second-order valence-electron chi connectivity index (χ2n) is 7.24. The highest BCUT2D eigenvalue weighted by atomic mass is 32.2. The van der Waals surface area contributed by atoms with E-state index < -0.39 is 5.97 Å². The van der Waals surface area contributed by atoms with E-state index >= 15 is 0 Å². The number of hydrogen-bond acceptors (Lipinski definition) is 8. The standard InChI is InChI=1S/C21H21N5O3S2/c1-10-6-12(3)17-14(7-10)11(2)8-15-24-25-21(26(15)17)30-9-16(27)23-20-22-13(4)18(31-20)19(28)29-5/h6-8H,9H2,1-5H3,(H,22,23,27). The third-order valence-electron chi connectivity index (χ3n) is 4.84. The molecule has 0 fully saturated rings. The van der Waals surface area contributed by atoms with Gasteiger partial charge in [0.25, 0.3) is 0 Å². The Morgan fingerprint density at radius 2 is 1.90 bits per heavy atom. The van der Waals surface area contributed by atoms with Gasteiger partial charge < -0.3 is 10.1 Å². The lowest BCUT2D eigenvalue weighted by Gasteiger charge is -2.11. The number of nitrogens with one attached hydrogen (secondary N) is 1. The van der Waals surface area contributed by atoms with Crippen LogP contribution >= 0.6 is 23.1 Å². The molecule has 0 aliphatic carbocycles. The molecule has 4 aromatic rings. The van der Waals surface area contributed by atoms with Gasteiger partial charge in [-0.15, -0.1) is 10.2 Å². The minimum Gasteiger partial charge on any atom is -0.465 e. The molecule has 3 heterocycles. The first-order valence-electron chi connectivity index (χ1n) is 9.52. The van der Waals surface area contributed by atoms with Crippen molar-refractivity contribution in [3.8, 4) is 0 Å². The number of carbonyl (C=O) groups is 2. The fourth-order valence-electron chi connectivity index (χ4n) is 3.52. The number of pyridine rings is 1. The molecule has 0 spiro atoms. The largest absolute Gasteiger partial charge is 0.465 e. The number of carbonyl (C=O) groups excluding carboxylic acids is 2. The number of amides is 1. The van der Waals surface area contributed by atoms with Crippen LogP contribution in [0.15, 0.2) is 23.4 Å². The third-order valence-corrected chi connectivity index (χ3v) is 6.83. The first-order chi connectivity index (χ1) is 14.8. The zero-order valence-corrected chi connectivity index (χ0v) is 19.4. The van der Waals surface area contributed by atoms with Crippen molar-refractivity contribution in [2.75, 3.05) is 18.2 Å². The summed E-state index contributed by atoms with van der Waals surface area (Å²) in [4.78, 5) is 28.8. The first-order valence-corrected chi connectivity index (χ1v) is 11.3. The number of aromatic nitrogens is 4. The van der Waals surface area contributed by atoms with Gasteiger partial charge in [0.2, 0.25) is 5.91 Å². The van der Waals surface area contributed by atoms with Gasteiger partial charge in [-0.2, -0.15) is 0 Å². The van der Waals surface area contributed by atoms with Gasteiger partial charge >= 0.3 is 5.97 Å². The Kier molecular flexibility index (Phi) is 5.67. The summed E-state index contributed by atoms with van der Waals surface area (Å²) in [7, 11) is 1.31. The quantitative estimate of drug-likeness (QED) is 0.357. The van der Waals surface area contributed by atoms with Crippen LogP contribution in [-0.2, 0) is 9.53 Å². The molecule has 160 valence electrons. The molecule has 1 N–H and O–H groups in total. The number of anilines is 1. The van der Waals surface area contributed by atoms with Gasteiger partial charge in [0, 0.05) is 5.39 Å². The lowest BCUT2D eigenvalue weighted by Crippen LogP contribution is -2.14. The summed E-state index contributed by atoms with van der Waals surface area (Å²) in [6.07, 6.45) is 0. The van der Waals surface area contributed by atoms with E-state index in [2.05, 4.69) is 53.4 Å².